The quantitative estimate of drug-likeness (QED) is 0.899. The highest BCUT2D eigenvalue weighted by atomic mass is 16.6. The second-order valence-corrected chi connectivity index (χ2v) is 5.51. The molecule has 7 heteroatoms. The number of hydrogen-bond donors (Lipinski definition) is 2. The predicted molar refractivity (Wildman–Crippen MR) is 78.6 cm³/mol. The molecular formula is C14H18N4O3. The van der Waals surface area contributed by atoms with E-state index in [0.717, 1.165) is 5.69 Å². The maximum absolute atomic E-state index is 11.6. The van der Waals surface area contributed by atoms with E-state index in [4.69, 9.17) is 9.26 Å². The van der Waals surface area contributed by atoms with Crippen molar-refractivity contribution in [2.24, 2.45) is 0 Å². The van der Waals surface area contributed by atoms with E-state index in [2.05, 4.69) is 20.8 Å². The minimum absolute atomic E-state index is 0.408. The average Bonchev–Trinajstić information content (AvgIpc) is 2.75. The van der Waals surface area contributed by atoms with E-state index in [0.29, 0.717) is 17.4 Å². The number of pyridine rings is 1. The lowest BCUT2D eigenvalue weighted by atomic mass is 10.2. The Morgan fingerprint density at radius 2 is 2.05 bits per heavy atom. The van der Waals surface area contributed by atoms with Gasteiger partial charge in [0.1, 0.15) is 17.2 Å². The van der Waals surface area contributed by atoms with Gasteiger partial charge in [0.15, 0.2) is 5.82 Å². The van der Waals surface area contributed by atoms with Crippen molar-refractivity contribution in [1.82, 2.24) is 10.1 Å². The van der Waals surface area contributed by atoms with Crippen LogP contribution in [0.3, 0.4) is 0 Å². The molecule has 2 rings (SSSR count). The summed E-state index contributed by atoms with van der Waals surface area (Å²) in [5.74, 6) is 1.72. The summed E-state index contributed by atoms with van der Waals surface area (Å²) >= 11 is 0. The largest absolute Gasteiger partial charge is 0.444 e. The summed E-state index contributed by atoms with van der Waals surface area (Å²) in [5, 5.41) is 9.41. The van der Waals surface area contributed by atoms with Gasteiger partial charge in [-0.2, -0.15) is 0 Å². The summed E-state index contributed by atoms with van der Waals surface area (Å²) in [6.07, 6.45) is 1.04. The number of nitrogens with one attached hydrogen (secondary N) is 2. The molecule has 0 unspecified atom stereocenters. The number of amides is 1. The molecule has 112 valence electrons. The fourth-order valence-corrected chi connectivity index (χ4v) is 1.52. The van der Waals surface area contributed by atoms with E-state index in [-0.39, 0.29) is 0 Å². The minimum atomic E-state index is -0.545. The predicted octanol–water partition coefficient (Wildman–Crippen LogP) is 3.47. The maximum Gasteiger partial charge on any atom is 0.413 e. The molecular weight excluding hydrogens is 272 g/mol. The number of nitrogens with zero attached hydrogens (tertiary/aromatic N) is 2. The van der Waals surface area contributed by atoms with E-state index in [1.807, 2.05) is 6.92 Å². The van der Waals surface area contributed by atoms with Crippen LogP contribution in [0, 0.1) is 6.92 Å². The smallest absolute Gasteiger partial charge is 0.413 e. The molecule has 0 aliphatic heterocycles. The van der Waals surface area contributed by atoms with Crippen molar-refractivity contribution in [1.29, 1.82) is 0 Å². The van der Waals surface area contributed by atoms with Gasteiger partial charge in [-0.25, -0.2) is 9.78 Å². The first-order valence-corrected chi connectivity index (χ1v) is 6.48. The number of aromatic nitrogens is 2. The first-order chi connectivity index (χ1) is 9.82. The lowest BCUT2D eigenvalue weighted by Crippen LogP contribution is -2.27. The number of carbonyl (C=O) groups excluding carboxylic acids is 1. The number of rotatable bonds is 3. The topological polar surface area (TPSA) is 89.3 Å². The summed E-state index contributed by atoms with van der Waals surface area (Å²) in [6.45, 7) is 7.21. The van der Waals surface area contributed by atoms with E-state index < -0.39 is 11.7 Å². The number of carbonyl (C=O) groups is 1. The van der Waals surface area contributed by atoms with E-state index >= 15 is 0 Å². The average molecular weight is 290 g/mol. The third kappa shape index (κ3) is 4.79. The van der Waals surface area contributed by atoms with Crippen molar-refractivity contribution in [2.45, 2.75) is 33.3 Å². The molecule has 0 aliphatic rings. The molecule has 1 amide bonds. The van der Waals surface area contributed by atoms with Gasteiger partial charge in [-0.1, -0.05) is 5.16 Å². The van der Waals surface area contributed by atoms with Crippen LogP contribution in [0.5, 0.6) is 0 Å². The molecule has 0 bridgehead atoms. The minimum Gasteiger partial charge on any atom is -0.444 e. The normalized spacial score (nSPS) is 11.0. The number of ether oxygens (including phenoxy) is 1. The van der Waals surface area contributed by atoms with Crippen LogP contribution in [-0.4, -0.2) is 21.8 Å². The van der Waals surface area contributed by atoms with Gasteiger partial charge >= 0.3 is 6.09 Å². The zero-order chi connectivity index (χ0) is 15.5. The zero-order valence-electron chi connectivity index (χ0n) is 12.4. The molecule has 2 heterocycles. The molecule has 0 radical (unpaired) electrons. The van der Waals surface area contributed by atoms with Gasteiger partial charge in [0.05, 0.1) is 11.9 Å². The number of aryl methyl sites for hydroxylation is 1. The fourth-order valence-electron chi connectivity index (χ4n) is 1.52. The van der Waals surface area contributed by atoms with Crippen LogP contribution in [0.15, 0.2) is 28.9 Å². The second-order valence-electron chi connectivity index (χ2n) is 5.51. The Kier molecular flexibility index (Phi) is 4.11. The van der Waals surface area contributed by atoms with Crippen molar-refractivity contribution < 1.29 is 14.1 Å². The monoisotopic (exact) mass is 290 g/mol. The van der Waals surface area contributed by atoms with Gasteiger partial charge in [-0.05, 0) is 39.8 Å². The Hall–Kier alpha value is -2.57. The summed E-state index contributed by atoms with van der Waals surface area (Å²) in [5.41, 5.74) is 0.189. The summed E-state index contributed by atoms with van der Waals surface area (Å²) in [4.78, 5) is 15.7. The lowest BCUT2D eigenvalue weighted by molar-refractivity contribution is 0.0635. The Morgan fingerprint density at radius 1 is 1.29 bits per heavy atom. The van der Waals surface area contributed by atoms with Crippen molar-refractivity contribution in [3.05, 3.63) is 30.2 Å². The van der Waals surface area contributed by atoms with Crippen molar-refractivity contribution >= 4 is 23.4 Å². The summed E-state index contributed by atoms with van der Waals surface area (Å²) in [6, 6.07) is 5.20. The van der Waals surface area contributed by atoms with E-state index in [9.17, 15) is 4.79 Å². The maximum atomic E-state index is 11.6. The van der Waals surface area contributed by atoms with E-state index in [1.165, 1.54) is 0 Å². The van der Waals surface area contributed by atoms with Gasteiger partial charge in [0.25, 0.3) is 0 Å². The Balaban J connectivity index is 1.94. The van der Waals surface area contributed by atoms with Gasteiger partial charge < -0.3 is 14.6 Å². The SMILES string of the molecule is Cc1cc(Nc2ccc(NC(=O)OC(C)(C)C)nc2)no1. The number of hydrogen-bond acceptors (Lipinski definition) is 6. The number of anilines is 3. The van der Waals surface area contributed by atoms with Crippen LogP contribution < -0.4 is 10.6 Å². The zero-order valence-corrected chi connectivity index (χ0v) is 12.4. The highest BCUT2D eigenvalue weighted by molar-refractivity contribution is 5.83. The molecule has 0 aliphatic carbocycles. The molecule has 2 aromatic rings. The summed E-state index contributed by atoms with van der Waals surface area (Å²) in [7, 11) is 0. The second kappa shape index (κ2) is 5.82. The molecule has 0 saturated carbocycles. The van der Waals surface area contributed by atoms with Crippen molar-refractivity contribution in [3.8, 4) is 0 Å². The molecule has 21 heavy (non-hydrogen) atoms. The Labute approximate surface area is 122 Å². The first kappa shape index (κ1) is 14.8. The van der Waals surface area contributed by atoms with Crippen molar-refractivity contribution in [3.63, 3.8) is 0 Å². The van der Waals surface area contributed by atoms with Crippen LogP contribution in [0.2, 0.25) is 0 Å². The van der Waals surface area contributed by atoms with E-state index in [1.54, 1.807) is 45.2 Å². The lowest BCUT2D eigenvalue weighted by Gasteiger charge is -2.19. The van der Waals surface area contributed by atoms with Gasteiger partial charge in [-0.3, -0.25) is 5.32 Å². The highest BCUT2D eigenvalue weighted by Gasteiger charge is 2.16. The third-order valence-electron chi connectivity index (χ3n) is 2.29. The fraction of sp³-hybridized carbons (Fsp3) is 0.357. The molecule has 0 saturated heterocycles. The van der Waals surface area contributed by atoms with Gasteiger partial charge in [0.2, 0.25) is 0 Å². The molecule has 0 fully saturated rings. The Bertz CT molecular complexity index is 614. The Morgan fingerprint density at radius 3 is 2.57 bits per heavy atom. The van der Waals surface area contributed by atoms with Crippen LogP contribution in [0.25, 0.3) is 0 Å². The summed E-state index contributed by atoms with van der Waals surface area (Å²) < 4.78 is 10.1. The van der Waals surface area contributed by atoms with Crippen LogP contribution in [0.4, 0.5) is 22.1 Å². The molecule has 0 atom stereocenters. The molecule has 0 spiro atoms. The molecule has 2 N–H and O–H groups in total. The molecule has 0 aromatic carbocycles. The molecule has 7 nitrogen and oxygen atoms in total. The first-order valence-electron chi connectivity index (χ1n) is 6.48. The van der Waals surface area contributed by atoms with Gasteiger partial charge in [-0.15, -0.1) is 0 Å². The third-order valence-corrected chi connectivity index (χ3v) is 2.29. The molecule has 2 aromatic heterocycles. The van der Waals surface area contributed by atoms with Gasteiger partial charge in [0, 0.05) is 6.07 Å². The highest BCUT2D eigenvalue weighted by Crippen LogP contribution is 2.17. The standard InChI is InChI=1S/C14H18N4O3/c1-9-7-12(18-21-9)16-10-5-6-11(15-8-10)17-13(19)20-14(2,3)4/h5-8H,1-4H3,(H,16,18)(H,15,17,19). The van der Waals surface area contributed by atoms with Crippen LogP contribution >= 0.6 is 0 Å². The van der Waals surface area contributed by atoms with Crippen molar-refractivity contribution in [2.75, 3.05) is 10.6 Å². The van der Waals surface area contributed by atoms with Crippen LogP contribution in [-0.2, 0) is 4.74 Å². The van der Waals surface area contributed by atoms with Crippen LogP contribution in [0.1, 0.15) is 26.5 Å².